The number of para-hydroxylation sites is 1. The van der Waals surface area contributed by atoms with Gasteiger partial charge in [-0.2, -0.15) is 5.26 Å². The van der Waals surface area contributed by atoms with Crippen LogP contribution in [0.15, 0.2) is 30.3 Å². The molecule has 0 saturated carbocycles. The van der Waals surface area contributed by atoms with E-state index in [4.69, 9.17) is 5.26 Å². The smallest absolute Gasteiger partial charge is 0.243 e. The zero-order valence-corrected chi connectivity index (χ0v) is 10.6. The number of nitriles is 1. The van der Waals surface area contributed by atoms with Crippen molar-refractivity contribution in [1.29, 1.82) is 5.26 Å². The second-order valence-corrected chi connectivity index (χ2v) is 4.34. The molecule has 0 spiro atoms. The van der Waals surface area contributed by atoms with Crippen molar-refractivity contribution < 1.29 is 4.79 Å². The van der Waals surface area contributed by atoms with Gasteiger partial charge in [0.1, 0.15) is 13.1 Å². The van der Waals surface area contributed by atoms with Gasteiger partial charge in [-0.1, -0.05) is 18.2 Å². The van der Waals surface area contributed by atoms with E-state index in [0.29, 0.717) is 0 Å². The fourth-order valence-electron chi connectivity index (χ4n) is 2.01. The first-order valence-electron chi connectivity index (χ1n) is 5.79. The summed E-state index contributed by atoms with van der Waals surface area (Å²) in [6, 6.07) is 12.0. The van der Waals surface area contributed by atoms with E-state index >= 15 is 0 Å². The summed E-state index contributed by atoms with van der Waals surface area (Å²) in [5.41, 5.74) is 2.10. The summed E-state index contributed by atoms with van der Waals surface area (Å²) in [5, 5.41) is 9.72. The average molecular weight is 241 g/mol. The van der Waals surface area contributed by atoms with Gasteiger partial charge >= 0.3 is 0 Å². The maximum absolute atomic E-state index is 12.0. The van der Waals surface area contributed by atoms with Gasteiger partial charge in [-0.25, -0.2) is 0 Å². The van der Waals surface area contributed by atoms with Crippen LogP contribution in [0.2, 0.25) is 0 Å². The molecule has 92 valence electrons. The van der Waals surface area contributed by atoms with Gasteiger partial charge in [-0.05, 0) is 24.4 Å². The molecular formula is C14H15N3O. The number of rotatable bonds is 3. The summed E-state index contributed by atoms with van der Waals surface area (Å²) in [6.07, 6.45) is 0. The van der Waals surface area contributed by atoms with Crippen LogP contribution in [0.4, 0.5) is 0 Å². The van der Waals surface area contributed by atoms with Crippen LogP contribution in [0.25, 0.3) is 10.9 Å². The van der Waals surface area contributed by atoms with Crippen LogP contribution in [0.1, 0.15) is 5.69 Å². The van der Waals surface area contributed by atoms with E-state index < -0.39 is 0 Å². The quantitative estimate of drug-likeness (QED) is 0.771. The van der Waals surface area contributed by atoms with Crippen LogP contribution < -0.4 is 0 Å². The normalized spacial score (nSPS) is 10.3. The van der Waals surface area contributed by atoms with Crippen LogP contribution >= 0.6 is 0 Å². The first kappa shape index (κ1) is 12.2. The number of aryl methyl sites for hydroxylation is 1. The van der Waals surface area contributed by atoms with Crippen molar-refractivity contribution >= 4 is 16.8 Å². The molecule has 0 unspecified atom stereocenters. The highest BCUT2D eigenvalue weighted by Crippen LogP contribution is 2.19. The second-order valence-electron chi connectivity index (χ2n) is 4.34. The molecule has 0 aliphatic rings. The van der Waals surface area contributed by atoms with Crippen LogP contribution in [0.3, 0.4) is 0 Å². The van der Waals surface area contributed by atoms with E-state index in [1.807, 2.05) is 41.8 Å². The first-order valence-corrected chi connectivity index (χ1v) is 5.79. The summed E-state index contributed by atoms with van der Waals surface area (Å²) >= 11 is 0. The predicted octanol–water partition coefficient (Wildman–Crippen LogP) is 1.93. The van der Waals surface area contributed by atoms with E-state index in [0.717, 1.165) is 16.6 Å². The second kappa shape index (κ2) is 4.92. The third-order valence-electron chi connectivity index (χ3n) is 3.04. The Labute approximate surface area is 106 Å². The molecule has 4 nitrogen and oxygen atoms in total. The van der Waals surface area contributed by atoms with Gasteiger partial charge in [0.25, 0.3) is 0 Å². The van der Waals surface area contributed by atoms with Gasteiger partial charge < -0.3 is 9.47 Å². The van der Waals surface area contributed by atoms with E-state index in [-0.39, 0.29) is 19.0 Å². The standard InChI is InChI=1S/C14H15N3O/c1-11-9-12-5-3-4-6-13(12)17(11)10-14(18)16(2)8-7-15/h3-6,9H,8,10H2,1-2H3. The summed E-state index contributed by atoms with van der Waals surface area (Å²) in [5.74, 6) is -0.0546. The molecule has 1 aromatic heterocycles. The molecule has 4 heteroatoms. The topological polar surface area (TPSA) is 49.0 Å². The molecule has 0 radical (unpaired) electrons. The Morgan fingerprint density at radius 1 is 1.44 bits per heavy atom. The largest absolute Gasteiger partial charge is 0.335 e. The number of likely N-dealkylation sites (N-methyl/N-ethyl adjacent to an activating group) is 1. The third-order valence-corrected chi connectivity index (χ3v) is 3.04. The molecule has 0 saturated heterocycles. The van der Waals surface area contributed by atoms with Gasteiger partial charge in [-0.3, -0.25) is 4.79 Å². The Morgan fingerprint density at radius 3 is 2.89 bits per heavy atom. The number of amides is 1. The molecule has 0 fully saturated rings. The van der Waals surface area contributed by atoms with Crippen molar-refractivity contribution in [2.24, 2.45) is 0 Å². The molecule has 0 aliphatic heterocycles. The lowest BCUT2D eigenvalue weighted by molar-refractivity contribution is -0.129. The van der Waals surface area contributed by atoms with Crippen molar-refractivity contribution in [3.05, 3.63) is 36.0 Å². The zero-order valence-electron chi connectivity index (χ0n) is 10.6. The zero-order chi connectivity index (χ0) is 13.1. The molecule has 2 rings (SSSR count). The van der Waals surface area contributed by atoms with Crippen molar-refractivity contribution in [2.75, 3.05) is 13.6 Å². The van der Waals surface area contributed by atoms with Crippen LogP contribution in [0.5, 0.6) is 0 Å². The van der Waals surface area contributed by atoms with Crippen molar-refractivity contribution in [2.45, 2.75) is 13.5 Å². The molecule has 0 aliphatic carbocycles. The third kappa shape index (κ3) is 2.21. The molecule has 0 atom stereocenters. The maximum atomic E-state index is 12.0. The number of carbonyl (C=O) groups is 1. The highest BCUT2D eigenvalue weighted by atomic mass is 16.2. The van der Waals surface area contributed by atoms with E-state index in [9.17, 15) is 4.79 Å². The molecule has 0 bridgehead atoms. The van der Waals surface area contributed by atoms with Crippen LogP contribution in [-0.4, -0.2) is 29.0 Å². The number of aromatic nitrogens is 1. The Morgan fingerprint density at radius 2 is 2.17 bits per heavy atom. The molecular weight excluding hydrogens is 226 g/mol. The molecule has 1 aromatic carbocycles. The molecule has 0 N–H and O–H groups in total. The highest BCUT2D eigenvalue weighted by Gasteiger charge is 2.12. The SMILES string of the molecule is Cc1cc2ccccc2n1CC(=O)N(C)CC#N. The number of fused-ring (bicyclic) bond motifs is 1. The van der Waals surface area contributed by atoms with Gasteiger partial charge in [-0.15, -0.1) is 0 Å². The van der Waals surface area contributed by atoms with E-state index in [1.165, 1.54) is 4.90 Å². The van der Waals surface area contributed by atoms with Crippen molar-refractivity contribution in [3.63, 3.8) is 0 Å². The van der Waals surface area contributed by atoms with Gasteiger partial charge in [0.15, 0.2) is 0 Å². The lowest BCUT2D eigenvalue weighted by Gasteiger charge is -2.15. The monoisotopic (exact) mass is 241 g/mol. The lowest BCUT2D eigenvalue weighted by Crippen LogP contribution is -2.30. The Bertz CT molecular complexity index is 621. The van der Waals surface area contributed by atoms with Crippen molar-refractivity contribution in [1.82, 2.24) is 9.47 Å². The number of hydrogen-bond donors (Lipinski definition) is 0. The Kier molecular flexibility index (Phi) is 3.33. The molecule has 1 heterocycles. The number of carbonyl (C=O) groups excluding carboxylic acids is 1. The molecule has 2 aromatic rings. The fourth-order valence-corrected chi connectivity index (χ4v) is 2.01. The summed E-state index contributed by atoms with van der Waals surface area (Å²) < 4.78 is 1.98. The average Bonchev–Trinajstić information content (AvgIpc) is 2.66. The summed E-state index contributed by atoms with van der Waals surface area (Å²) in [4.78, 5) is 13.4. The maximum Gasteiger partial charge on any atom is 0.243 e. The van der Waals surface area contributed by atoms with Gasteiger partial charge in [0.2, 0.25) is 5.91 Å². The summed E-state index contributed by atoms with van der Waals surface area (Å²) in [7, 11) is 1.65. The van der Waals surface area contributed by atoms with Crippen LogP contribution in [0, 0.1) is 18.3 Å². The van der Waals surface area contributed by atoms with E-state index in [1.54, 1.807) is 7.05 Å². The number of nitrogens with zero attached hydrogens (tertiary/aromatic N) is 3. The minimum atomic E-state index is -0.0546. The van der Waals surface area contributed by atoms with E-state index in [2.05, 4.69) is 6.07 Å². The first-order chi connectivity index (χ1) is 8.63. The minimum absolute atomic E-state index is 0.0546. The number of hydrogen-bond acceptors (Lipinski definition) is 2. The fraction of sp³-hybridized carbons (Fsp3) is 0.286. The molecule has 1 amide bonds. The van der Waals surface area contributed by atoms with Gasteiger partial charge in [0, 0.05) is 18.3 Å². The summed E-state index contributed by atoms with van der Waals surface area (Å²) in [6.45, 7) is 2.38. The van der Waals surface area contributed by atoms with Crippen molar-refractivity contribution in [3.8, 4) is 6.07 Å². The van der Waals surface area contributed by atoms with Gasteiger partial charge in [0.05, 0.1) is 6.07 Å². The minimum Gasteiger partial charge on any atom is -0.335 e. The highest BCUT2D eigenvalue weighted by molar-refractivity contribution is 5.84. The molecule has 18 heavy (non-hydrogen) atoms. The Balaban J connectivity index is 2.29. The Hall–Kier alpha value is -2.28. The van der Waals surface area contributed by atoms with Crippen LogP contribution in [-0.2, 0) is 11.3 Å². The lowest BCUT2D eigenvalue weighted by atomic mass is 10.2. The number of benzene rings is 1. The predicted molar refractivity (Wildman–Crippen MR) is 69.9 cm³/mol.